The summed E-state index contributed by atoms with van der Waals surface area (Å²) in [4.78, 5) is 12.9. The number of nitrogens with one attached hydrogen (secondary N) is 1. The summed E-state index contributed by atoms with van der Waals surface area (Å²) in [7, 11) is -3.88. The van der Waals surface area contributed by atoms with Gasteiger partial charge >= 0.3 is 0 Å². The standard InChI is InChI=1S/C22H19ClN2O3S/c1-14-7-9-17(11-15(14)2)24-22(26)13-25-20-10-8-16(23)12-19(20)18-5-3-4-6-21(18)29(25,27)28/h3-12H,13H2,1-2H3,(H,24,26). The van der Waals surface area contributed by atoms with E-state index in [0.29, 0.717) is 27.5 Å². The molecule has 0 spiro atoms. The smallest absolute Gasteiger partial charge is 0.265 e. The van der Waals surface area contributed by atoms with Crippen LogP contribution in [0.5, 0.6) is 0 Å². The molecule has 0 atom stereocenters. The van der Waals surface area contributed by atoms with E-state index in [0.717, 1.165) is 15.4 Å². The summed E-state index contributed by atoms with van der Waals surface area (Å²) < 4.78 is 27.6. The highest BCUT2D eigenvalue weighted by molar-refractivity contribution is 7.93. The Labute approximate surface area is 175 Å². The van der Waals surface area contributed by atoms with Crippen molar-refractivity contribution in [1.29, 1.82) is 0 Å². The zero-order valence-corrected chi connectivity index (χ0v) is 17.5. The molecule has 3 aromatic carbocycles. The maximum atomic E-state index is 13.3. The molecule has 1 N–H and O–H groups in total. The van der Waals surface area contributed by atoms with E-state index in [1.54, 1.807) is 48.5 Å². The van der Waals surface area contributed by atoms with Crippen LogP contribution in [0, 0.1) is 13.8 Å². The van der Waals surface area contributed by atoms with E-state index in [1.807, 2.05) is 26.0 Å². The second-order valence-electron chi connectivity index (χ2n) is 7.02. The Hall–Kier alpha value is -2.83. The number of benzene rings is 3. The summed E-state index contributed by atoms with van der Waals surface area (Å²) >= 11 is 6.16. The summed E-state index contributed by atoms with van der Waals surface area (Å²) in [5, 5.41) is 3.29. The molecule has 0 radical (unpaired) electrons. The third-order valence-electron chi connectivity index (χ3n) is 5.05. The van der Waals surface area contributed by atoms with Gasteiger partial charge in [0.1, 0.15) is 6.54 Å². The van der Waals surface area contributed by atoms with Gasteiger partial charge in [0, 0.05) is 21.8 Å². The lowest BCUT2D eigenvalue weighted by molar-refractivity contribution is -0.114. The minimum absolute atomic E-state index is 0.161. The summed E-state index contributed by atoms with van der Waals surface area (Å²) in [6.07, 6.45) is 0. The van der Waals surface area contributed by atoms with Gasteiger partial charge in [0.05, 0.1) is 10.6 Å². The van der Waals surface area contributed by atoms with Crippen LogP contribution < -0.4 is 9.62 Å². The molecular weight excluding hydrogens is 408 g/mol. The molecule has 1 heterocycles. The topological polar surface area (TPSA) is 66.5 Å². The molecule has 0 unspecified atom stereocenters. The zero-order chi connectivity index (χ0) is 20.8. The Kier molecular flexibility index (Phi) is 4.84. The number of hydrogen-bond donors (Lipinski definition) is 1. The SMILES string of the molecule is Cc1ccc(NC(=O)CN2c3ccc(Cl)cc3-c3ccccc3S2(=O)=O)cc1C. The quantitative estimate of drug-likeness (QED) is 0.655. The van der Waals surface area contributed by atoms with Crippen molar-refractivity contribution in [1.82, 2.24) is 0 Å². The van der Waals surface area contributed by atoms with E-state index < -0.39 is 15.9 Å². The third kappa shape index (κ3) is 3.50. The van der Waals surface area contributed by atoms with Crippen molar-refractivity contribution in [3.8, 4) is 11.1 Å². The van der Waals surface area contributed by atoms with Gasteiger partial charge in [-0.25, -0.2) is 8.42 Å². The zero-order valence-electron chi connectivity index (χ0n) is 15.9. The van der Waals surface area contributed by atoms with Crippen LogP contribution in [-0.2, 0) is 14.8 Å². The van der Waals surface area contributed by atoms with Gasteiger partial charge < -0.3 is 5.32 Å². The van der Waals surface area contributed by atoms with Gasteiger partial charge in [-0.1, -0.05) is 35.9 Å². The van der Waals surface area contributed by atoms with E-state index >= 15 is 0 Å². The van der Waals surface area contributed by atoms with Gasteiger partial charge in [0.15, 0.2) is 0 Å². The Morgan fingerprint density at radius 2 is 1.72 bits per heavy atom. The predicted molar refractivity (Wildman–Crippen MR) is 116 cm³/mol. The molecule has 0 saturated heterocycles. The van der Waals surface area contributed by atoms with Crippen LogP contribution in [0.2, 0.25) is 5.02 Å². The molecule has 5 nitrogen and oxygen atoms in total. The minimum atomic E-state index is -3.88. The number of anilines is 2. The summed E-state index contributed by atoms with van der Waals surface area (Å²) in [5.74, 6) is -0.419. The summed E-state index contributed by atoms with van der Waals surface area (Å²) in [6.45, 7) is 3.61. The van der Waals surface area contributed by atoms with E-state index in [2.05, 4.69) is 5.32 Å². The number of rotatable bonds is 3. The number of nitrogens with zero attached hydrogens (tertiary/aromatic N) is 1. The number of carbonyl (C=O) groups is 1. The third-order valence-corrected chi connectivity index (χ3v) is 7.10. The first-order chi connectivity index (χ1) is 13.8. The number of sulfonamides is 1. The van der Waals surface area contributed by atoms with Crippen molar-refractivity contribution in [2.75, 3.05) is 16.2 Å². The van der Waals surface area contributed by atoms with Crippen molar-refractivity contribution >= 4 is 38.9 Å². The average molecular weight is 427 g/mol. The normalized spacial score (nSPS) is 14.1. The fraction of sp³-hybridized carbons (Fsp3) is 0.136. The molecule has 1 aliphatic rings. The van der Waals surface area contributed by atoms with E-state index in [9.17, 15) is 13.2 Å². The molecule has 1 aliphatic heterocycles. The van der Waals surface area contributed by atoms with Crippen molar-refractivity contribution < 1.29 is 13.2 Å². The maximum absolute atomic E-state index is 13.3. The van der Waals surface area contributed by atoms with Gasteiger partial charge in [-0.15, -0.1) is 0 Å². The fourth-order valence-corrected chi connectivity index (χ4v) is 5.25. The molecule has 0 saturated carbocycles. The Morgan fingerprint density at radius 1 is 0.966 bits per heavy atom. The number of aryl methyl sites for hydroxylation is 2. The minimum Gasteiger partial charge on any atom is -0.325 e. The average Bonchev–Trinajstić information content (AvgIpc) is 2.68. The predicted octanol–water partition coefficient (Wildman–Crippen LogP) is 4.77. The highest BCUT2D eigenvalue weighted by Crippen LogP contribution is 2.43. The maximum Gasteiger partial charge on any atom is 0.265 e. The molecule has 0 aliphatic carbocycles. The van der Waals surface area contributed by atoms with Crippen LogP contribution in [0.4, 0.5) is 11.4 Å². The molecule has 0 bridgehead atoms. The first-order valence-corrected chi connectivity index (χ1v) is 10.9. The number of halogens is 1. The Morgan fingerprint density at radius 3 is 2.48 bits per heavy atom. The van der Waals surface area contributed by atoms with E-state index in [4.69, 9.17) is 11.6 Å². The number of carbonyl (C=O) groups excluding carboxylic acids is 1. The van der Waals surface area contributed by atoms with Gasteiger partial charge in [0.25, 0.3) is 10.0 Å². The Bertz CT molecular complexity index is 1240. The number of fused-ring (bicyclic) bond motifs is 3. The molecule has 1 amide bonds. The van der Waals surface area contributed by atoms with Crippen molar-refractivity contribution in [2.45, 2.75) is 18.7 Å². The monoisotopic (exact) mass is 426 g/mol. The van der Waals surface area contributed by atoms with Gasteiger partial charge in [-0.2, -0.15) is 0 Å². The molecule has 4 rings (SSSR count). The van der Waals surface area contributed by atoms with Crippen molar-refractivity contribution in [3.05, 3.63) is 76.8 Å². The van der Waals surface area contributed by atoms with Crippen LogP contribution in [0.15, 0.2) is 65.6 Å². The molecule has 29 heavy (non-hydrogen) atoms. The van der Waals surface area contributed by atoms with Crippen molar-refractivity contribution in [2.24, 2.45) is 0 Å². The van der Waals surface area contributed by atoms with Gasteiger partial charge in [-0.05, 0) is 61.4 Å². The number of hydrogen-bond acceptors (Lipinski definition) is 3. The molecule has 0 aromatic heterocycles. The first kappa shape index (κ1) is 19.5. The lowest BCUT2D eigenvalue weighted by atomic mass is 10.0. The van der Waals surface area contributed by atoms with E-state index in [-0.39, 0.29) is 11.4 Å². The largest absolute Gasteiger partial charge is 0.325 e. The number of amides is 1. The second kappa shape index (κ2) is 7.21. The second-order valence-corrected chi connectivity index (χ2v) is 9.28. The molecule has 7 heteroatoms. The van der Waals surface area contributed by atoms with Crippen molar-refractivity contribution in [3.63, 3.8) is 0 Å². The summed E-state index contributed by atoms with van der Waals surface area (Å²) in [6, 6.07) is 17.3. The van der Waals surface area contributed by atoms with Crippen LogP contribution >= 0.6 is 11.6 Å². The molecule has 148 valence electrons. The van der Waals surface area contributed by atoms with E-state index in [1.165, 1.54) is 0 Å². The summed E-state index contributed by atoms with van der Waals surface area (Å²) in [5.41, 5.74) is 4.48. The fourth-order valence-electron chi connectivity index (χ4n) is 3.42. The van der Waals surface area contributed by atoms with Crippen LogP contribution in [0.25, 0.3) is 11.1 Å². The van der Waals surface area contributed by atoms with Crippen LogP contribution in [-0.4, -0.2) is 20.9 Å². The lowest BCUT2D eigenvalue weighted by Gasteiger charge is -2.31. The lowest BCUT2D eigenvalue weighted by Crippen LogP contribution is -2.40. The first-order valence-electron chi connectivity index (χ1n) is 9.06. The van der Waals surface area contributed by atoms with Crippen LogP contribution in [0.3, 0.4) is 0 Å². The van der Waals surface area contributed by atoms with Gasteiger partial charge in [-0.3, -0.25) is 9.10 Å². The molecule has 0 fully saturated rings. The van der Waals surface area contributed by atoms with Crippen LogP contribution in [0.1, 0.15) is 11.1 Å². The highest BCUT2D eigenvalue weighted by atomic mass is 35.5. The molecule has 3 aromatic rings. The Balaban J connectivity index is 1.72. The highest BCUT2D eigenvalue weighted by Gasteiger charge is 2.35. The molecular formula is C22H19ClN2O3S. The van der Waals surface area contributed by atoms with Gasteiger partial charge in [0.2, 0.25) is 5.91 Å².